The number of fused-ring (bicyclic) bond motifs is 1. The number of sulfone groups is 1. The molecule has 0 radical (unpaired) electrons. The molecular formula is C22H23N5O2S. The van der Waals surface area contributed by atoms with Gasteiger partial charge in [0.05, 0.1) is 22.0 Å². The molecule has 2 aromatic carbocycles. The molecule has 2 heterocycles. The van der Waals surface area contributed by atoms with Crippen LogP contribution in [0.5, 0.6) is 0 Å². The van der Waals surface area contributed by atoms with Gasteiger partial charge in [0.15, 0.2) is 9.84 Å². The van der Waals surface area contributed by atoms with Crippen molar-refractivity contribution < 1.29 is 8.42 Å². The van der Waals surface area contributed by atoms with E-state index in [2.05, 4.69) is 25.8 Å². The zero-order valence-corrected chi connectivity index (χ0v) is 17.6. The summed E-state index contributed by atoms with van der Waals surface area (Å²) in [5.41, 5.74) is 2.60. The van der Waals surface area contributed by atoms with E-state index in [0.29, 0.717) is 5.56 Å². The van der Waals surface area contributed by atoms with Crippen molar-refractivity contribution in [1.29, 1.82) is 5.26 Å². The summed E-state index contributed by atoms with van der Waals surface area (Å²) in [7, 11) is -3.30. The van der Waals surface area contributed by atoms with Crippen LogP contribution in [0, 0.1) is 11.3 Å². The van der Waals surface area contributed by atoms with E-state index in [1.54, 1.807) is 18.2 Å². The summed E-state index contributed by atoms with van der Waals surface area (Å²) in [4.78, 5) is 13.7. The predicted molar refractivity (Wildman–Crippen MR) is 116 cm³/mol. The molecule has 1 aliphatic heterocycles. The van der Waals surface area contributed by atoms with Crippen LogP contribution in [0.15, 0.2) is 53.7 Å². The Morgan fingerprint density at radius 3 is 2.57 bits per heavy atom. The van der Waals surface area contributed by atoms with E-state index in [4.69, 9.17) is 5.26 Å². The molecule has 1 saturated heterocycles. The fourth-order valence-electron chi connectivity index (χ4n) is 3.79. The highest BCUT2D eigenvalue weighted by Gasteiger charge is 2.19. The number of hydrogen-bond donors (Lipinski definition) is 0. The van der Waals surface area contributed by atoms with Gasteiger partial charge in [0.1, 0.15) is 12.1 Å². The van der Waals surface area contributed by atoms with Gasteiger partial charge in [0.2, 0.25) is 0 Å². The molecule has 0 bridgehead atoms. The van der Waals surface area contributed by atoms with E-state index >= 15 is 0 Å². The Bertz CT molecular complexity index is 1200. The first-order valence-corrected chi connectivity index (χ1v) is 11.7. The summed E-state index contributed by atoms with van der Waals surface area (Å²) in [6, 6.07) is 14.9. The number of nitriles is 1. The third-order valence-corrected chi connectivity index (χ3v) is 6.50. The third kappa shape index (κ3) is 4.42. The molecule has 30 heavy (non-hydrogen) atoms. The average molecular weight is 422 g/mol. The van der Waals surface area contributed by atoms with Crippen molar-refractivity contribution in [1.82, 2.24) is 14.9 Å². The summed E-state index contributed by atoms with van der Waals surface area (Å²) in [5, 5.41) is 9.72. The van der Waals surface area contributed by atoms with Gasteiger partial charge in [-0.25, -0.2) is 18.4 Å². The van der Waals surface area contributed by atoms with Gasteiger partial charge in [0, 0.05) is 44.4 Å². The maximum absolute atomic E-state index is 12.0. The topological polar surface area (TPSA) is 90.2 Å². The van der Waals surface area contributed by atoms with Gasteiger partial charge in [0.25, 0.3) is 0 Å². The largest absolute Gasteiger partial charge is 0.355 e. The van der Waals surface area contributed by atoms with Crippen molar-refractivity contribution in [3.05, 3.63) is 59.9 Å². The Kier molecular flexibility index (Phi) is 5.66. The molecular weight excluding hydrogens is 398 g/mol. The van der Waals surface area contributed by atoms with E-state index in [1.165, 1.54) is 18.1 Å². The maximum Gasteiger partial charge on any atom is 0.175 e. The van der Waals surface area contributed by atoms with Gasteiger partial charge >= 0.3 is 0 Å². The Labute approximate surface area is 176 Å². The molecule has 154 valence electrons. The van der Waals surface area contributed by atoms with Crippen molar-refractivity contribution in [3.63, 3.8) is 0 Å². The van der Waals surface area contributed by atoms with Crippen LogP contribution in [0.2, 0.25) is 0 Å². The molecule has 1 aliphatic rings. The lowest BCUT2D eigenvalue weighted by molar-refractivity contribution is 0.285. The van der Waals surface area contributed by atoms with Crippen LogP contribution in [-0.2, 0) is 16.4 Å². The van der Waals surface area contributed by atoms with E-state index in [1.807, 2.05) is 24.3 Å². The SMILES string of the molecule is CS(=O)(=O)c1ccc2ncnc(N3CCCN(Cc4ccc(C#N)cc4)CC3)c2c1. The quantitative estimate of drug-likeness (QED) is 0.640. The first kappa shape index (κ1) is 20.3. The highest BCUT2D eigenvalue weighted by molar-refractivity contribution is 7.90. The molecule has 0 spiro atoms. The number of anilines is 1. The second kappa shape index (κ2) is 8.38. The third-order valence-electron chi connectivity index (χ3n) is 5.39. The molecule has 0 N–H and O–H groups in total. The first-order valence-electron chi connectivity index (χ1n) is 9.85. The highest BCUT2D eigenvalue weighted by Crippen LogP contribution is 2.26. The van der Waals surface area contributed by atoms with Crippen molar-refractivity contribution in [2.45, 2.75) is 17.9 Å². The molecule has 1 aromatic heterocycles. The van der Waals surface area contributed by atoms with Crippen LogP contribution < -0.4 is 4.90 Å². The monoisotopic (exact) mass is 421 g/mol. The number of hydrogen-bond acceptors (Lipinski definition) is 7. The second-order valence-corrected chi connectivity index (χ2v) is 9.59. The summed E-state index contributed by atoms with van der Waals surface area (Å²) in [5.74, 6) is 0.783. The molecule has 8 heteroatoms. The highest BCUT2D eigenvalue weighted by atomic mass is 32.2. The minimum atomic E-state index is -3.30. The lowest BCUT2D eigenvalue weighted by atomic mass is 10.1. The number of aromatic nitrogens is 2. The summed E-state index contributed by atoms with van der Waals surface area (Å²) in [6.07, 6.45) is 3.73. The molecule has 0 atom stereocenters. The Morgan fingerprint density at radius 1 is 1.03 bits per heavy atom. The van der Waals surface area contributed by atoms with E-state index < -0.39 is 9.84 Å². The molecule has 1 fully saturated rings. The summed E-state index contributed by atoms with van der Waals surface area (Å²) in [6.45, 7) is 4.32. The maximum atomic E-state index is 12.0. The summed E-state index contributed by atoms with van der Waals surface area (Å²) < 4.78 is 24.0. The number of benzene rings is 2. The van der Waals surface area contributed by atoms with Crippen LogP contribution in [0.3, 0.4) is 0 Å². The van der Waals surface area contributed by atoms with Crippen LogP contribution in [0.4, 0.5) is 5.82 Å². The van der Waals surface area contributed by atoms with Crippen molar-refractivity contribution in [2.75, 3.05) is 37.3 Å². The molecule has 0 saturated carbocycles. The predicted octanol–water partition coefficient (Wildman–Crippen LogP) is 2.62. The van der Waals surface area contributed by atoms with Gasteiger partial charge in [-0.1, -0.05) is 12.1 Å². The lowest BCUT2D eigenvalue weighted by Crippen LogP contribution is -2.31. The second-order valence-electron chi connectivity index (χ2n) is 7.57. The van der Waals surface area contributed by atoms with Gasteiger partial charge < -0.3 is 4.90 Å². The Balaban J connectivity index is 1.54. The fraction of sp³-hybridized carbons (Fsp3) is 0.318. The normalized spacial score (nSPS) is 15.7. The van der Waals surface area contributed by atoms with Crippen LogP contribution in [0.25, 0.3) is 10.9 Å². The number of rotatable bonds is 4. The molecule has 7 nitrogen and oxygen atoms in total. The van der Waals surface area contributed by atoms with Crippen molar-refractivity contribution in [3.8, 4) is 6.07 Å². The van der Waals surface area contributed by atoms with E-state index in [0.717, 1.165) is 55.9 Å². The molecule has 0 aliphatic carbocycles. The first-order chi connectivity index (χ1) is 14.4. The fourth-order valence-corrected chi connectivity index (χ4v) is 4.44. The lowest BCUT2D eigenvalue weighted by Gasteiger charge is -2.24. The van der Waals surface area contributed by atoms with Crippen molar-refractivity contribution >= 4 is 26.6 Å². The van der Waals surface area contributed by atoms with Gasteiger partial charge in [-0.05, 0) is 42.3 Å². The minimum absolute atomic E-state index is 0.281. The zero-order chi connectivity index (χ0) is 21.1. The van der Waals surface area contributed by atoms with Crippen LogP contribution >= 0.6 is 0 Å². The molecule has 0 amide bonds. The zero-order valence-electron chi connectivity index (χ0n) is 16.8. The van der Waals surface area contributed by atoms with Crippen LogP contribution in [-0.4, -0.2) is 55.7 Å². The standard InChI is InChI=1S/C22H23N5O2S/c1-30(28,29)19-7-8-21-20(13-19)22(25-16-24-21)27-10-2-9-26(11-12-27)15-18-5-3-17(14-23)4-6-18/h3-8,13,16H,2,9-12,15H2,1H3. The van der Waals surface area contributed by atoms with Gasteiger partial charge in [-0.15, -0.1) is 0 Å². The minimum Gasteiger partial charge on any atom is -0.355 e. The van der Waals surface area contributed by atoms with Crippen molar-refractivity contribution in [2.24, 2.45) is 0 Å². The Morgan fingerprint density at radius 2 is 1.83 bits per heavy atom. The van der Waals surface area contributed by atoms with E-state index in [9.17, 15) is 8.42 Å². The molecule has 0 unspecified atom stereocenters. The average Bonchev–Trinajstić information content (AvgIpc) is 2.98. The van der Waals surface area contributed by atoms with Crippen LogP contribution in [0.1, 0.15) is 17.5 Å². The molecule has 4 rings (SSSR count). The van der Waals surface area contributed by atoms with Gasteiger partial charge in [-0.2, -0.15) is 5.26 Å². The van der Waals surface area contributed by atoms with E-state index in [-0.39, 0.29) is 4.90 Å². The van der Waals surface area contributed by atoms with Gasteiger partial charge in [-0.3, -0.25) is 4.90 Å². The molecule has 3 aromatic rings. The number of nitrogens with zero attached hydrogens (tertiary/aromatic N) is 5. The Hall–Kier alpha value is -3.02. The smallest absolute Gasteiger partial charge is 0.175 e. The summed E-state index contributed by atoms with van der Waals surface area (Å²) >= 11 is 0.